The maximum Gasteiger partial charge on any atom is 0.168 e. The molecule has 0 heterocycles. The number of aliphatic hydroxyl groups excluding tert-OH is 1. The molecule has 6 heteroatoms. The molecule has 0 fully saturated rings. The van der Waals surface area contributed by atoms with E-state index in [4.69, 9.17) is 27.9 Å². The highest BCUT2D eigenvalue weighted by atomic mass is 35.5. The topological polar surface area (TPSA) is 58.9 Å². The van der Waals surface area contributed by atoms with Gasteiger partial charge in [0.1, 0.15) is 11.5 Å². The molecule has 1 aliphatic rings. The van der Waals surface area contributed by atoms with Gasteiger partial charge in [-0.15, -0.1) is 0 Å². The molecule has 1 N–H and O–H groups in total. The highest BCUT2D eigenvalue weighted by Gasteiger charge is 2.27. The number of halogens is 2. The largest absolute Gasteiger partial charge is 0.511 e. The monoisotopic (exact) mass is 389 g/mol. The molecule has 1 aliphatic carbocycles. The van der Waals surface area contributed by atoms with E-state index in [0.717, 1.165) is 11.3 Å². The molecule has 3 rings (SSSR count). The van der Waals surface area contributed by atoms with Crippen LogP contribution in [-0.4, -0.2) is 24.2 Å². The fraction of sp³-hybridized carbons (Fsp3) is 0.200. The number of hydrogen-bond donors (Lipinski definition) is 1. The van der Waals surface area contributed by atoms with Gasteiger partial charge in [0.25, 0.3) is 0 Å². The lowest BCUT2D eigenvalue weighted by Crippen LogP contribution is -2.19. The van der Waals surface area contributed by atoms with E-state index in [1.165, 1.54) is 6.21 Å². The third-order valence-electron chi connectivity index (χ3n) is 4.32. The van der Waals surface area contributed by atoms with Gasteiger partial charge in [-0.3, -0.25) is 9.79 Å². The molecule has 26 heavy (non-hydrogen) atoms. The van der Waals surface area contributed by atoms with Crippen LogP contribution in [0.3, 0.4) is 0 Å². The van der Waals surface area contributed by atoms with Gasteiger partial charge in [-0.25, -0.2) is 0 Å². The number of aliphatic hydroxyl groups is 1. The maximum absolute atomic E-state index is 12.5. The summed E-state index contributed by atoms with van der Waals surface area (Å²) in [5.74, 6) is 0.602. The minimum absolute atomic E-state index is 0.0471. The Morgan fingerprint density at radius 2 is 1.85 bits per heavy atom. The second-order valence-corrected chi connectivity index (χ2v) is 6.83. The molecular formula is C20H17Cl2NO3. The van der Waals surface area contributed by atoms with Crippen LogP contribution in [0.1, 0.15) is 24.3 Å². The zero-order valence-corrected chi connectivity index (χ0v) is 15.6. The smallest absolute Gasteiger partial charge is 0.168 e. The normalized spacial score (nSPS) is 17.8. The van der Waals surface area contributed by atoms with Crippen LogP contribution < -0.4 is 4.74 Å². The van der Waals surface area contributed by atoms with Crippen LogP contribution in [0, 0.1) is 0 Å². The van der Waals surface area contributed by atoms with E-state index < -0.39 is 0 Å². The third kappa shape index (κ3) is 4.09. The molecule has 1 atom stereocenters. The fourth-order valence-electron chi connectivity index (χ4n) is 2.87. The number of benzene rings is 2. The van der Waals surface area contributed by atoms with Crippen molar-refractivity contribution in [2.45, 2.75) is 18.8 Å². The first kappa shape index (κ1) is 18.5. The van der Waals surface area contributed by atoms with Gasteiger partial charge in [0, 0.05) is 19.1 Å². The second-order valence-electron chi connectivity index (χ2n) is 6.02. The summed E-state index contributed by atoms with van der Waals surface area (Å²) in [6.45, 7) is 0. The number of methoxy groups -OCH3 is 1. The first-order valence-electron chi connectivity index (χ1n) is 8.06. The number of hydrogen-bond acceptors (Lipinski definition) is 4. The highest BCUT2D eigenvalue weighted by molar-refractivity contribution is 6.42. The van der Waals surface area contributed by atoms with E-state index in [1.54, 1.807) is 25.3 Å². The van der Waals surface area contributed by atoms with Crippen LogP contribution in [0.15, 0.2) is 58.8 Å². The van der Waals surface area contributed by atoms with Crippen molar-refractivity contribution < 1.29 is 14.6 Å². The Balaban J connectivity index is 1.79. The molecule has 0 amide bonds. The van der Waals surface area contributed by atoms with Crippen molar-refractivity contribution in [2.24, 2.45) is 4.99 Å². The number of allylic oxidation sites excluding steroid dienone is 2. The Bertz CT molecular complexity index is 888. The number of carbonyl (C=O) groups is 1. The van der Waals surface area contributed by atoms with Crippen molar-refractivity contribution in [2.75, 3.05) is 7.11 Å². The molecular weight excluding hydrogens is 373 g/mol. The standard InChI is InChI=1S/C20H17Cl2NO3/c1-26-15-5-2-12(3-6-15)13-8-19(24)16(20(25)9-13)11-23-14-4-7-17(21)18(22)10-14/h2-7,10-11,13,24H,8-9H2,1H3. The lowest BCUT2D eigenvalue weighted by atomic mass is 9.83. The summed E-state index contributed by atoms with van der Waals surface area (Å²) in [6.07, 6.45) is 2.10. The van der Waals surface area contributed by atoms with E-state index in [2.05, 4.69) is 4.99 Å². The molecule has 0 saturated heterocycles. The number of rotatable bonds is 4. The average Bonchev–Trinajstić information content (AvgIpc) is 2.64. The minimum atomic E-state index is -0.140. The molecule has 0 spiro atoms. The molecule has 2 aromatic rings. The van der Waals surface area contributed by atoms with Crippen molar-refractivity contribution in [1.29, 1.82) is 0 Å². The van der Waals surface area contributed by atoms with Crippen LogP contribution in [0.4, 0.5) is 5.69 Å². The van der Waals surface area contributed by atoms with Crippen molar-refractivity contribution >= 4 is 40.9 Å². The van der Waals surface area contributed by atoms with Crippen LogP contribution in [0.5, 0.6) is 5.75 Å². The predicted molar refractivity (Wildman–Crippen MR) is 104 cm³/mol. The summed E-state index contributed by atoms with van der Waals surface area (Å²) in [6, 6.07) is 12.5. The van der Waals surface area contributed by atoms with Gasteiger partial charge in [-0.2, -0.15) is 0 Å². The Morgan fingerprint density at radius 1 is 1.12 bits per heavy atom. The lowest BCUT2D eigenvalue weighted by Gasteiger charge is -2.22. The molecule has 1 unspecified atom stereocenters. The maximum atomic E-state index is 12.5. The third-order valence-corrected chi connectivity index (χ3v) is 5.05. The molecule has 2 aromatic carbocycles. The number of ether oxygens (including phenoxy) is 1. The van der Waals surface area contributed by atoms with Crippen molar-refractivity contribution in [3.8, 4) is 5.75 Å². The summed E-state index contributed by atoms with van der Waals surface area (Å²) in [5.41, 5.74) is 1.79. The Kier molecular flexibility index (Phi) is 5.64. The minimum Gasteiger partial charge on any atom is -0.511 e. The van der Waals surface area contributed by atoms with Gasteiger partial charge < -0.3 is 9.84 Å². The van der Waals surface area contributed by atoms with Crippen molar-refractivity contribution in [3.05, 3.63) is 69.4 Å². The van der Waals surface area contributed by atoms with E-state index in [-0.39, 0.29) is 23.0 Å². The van der Waals surface area contributed by atoms with E-state index in [0.29, 0.717) is 28.6 Å². The van der Waals surface area contributed by atoms with Gasteiger partial charge in [-0.1, -0.05) is 35.3 Å². The summed E-state index contributed by atoms with van der Waals surface area (Å²) >= 11 is 11.8. The lowest BCUT2D eigenvalue weighted by molar-refractivity contribution is -0.116. The summed E-state index contributed by atoms with van der Waals surface area (Å²) in [7, 11) is 1.60. The van der Waals surface area contributed by atoms with Gasteiger partial charge in [0.05, 0.1) is 28.4 Å². The van der Waals surface area contributed by atoms with Crippen molar-refractivity contribution in [3.63, 3.8) is 0 Å². The molecule has 0 bridgehead atoms. The van der Waals surface area contributed by atoms with Crippen LogP contribution in [0.25, 0.3) is 0 Å². The Morgan fingerprint density at radius 3 is 2.46 bits per heavy atom. The van der Waals surface area contributed by atoms with Gasteiger partial charge in [0.2, 0.25) is 0 Å². The molecule has 0 saturated carbocycles. The number of Topliss-reactive ketones (excluding diaryl/α,β-unsaturated/α-hetero) is 1. The van der Waals surface area contributed by atoms with E-state index in [9.17, 15) is 9.90 Å². The molecule has 4 nitrogen and oxygen atoms in total. The zero-order chi connectivity index (χ0) is 18.7. The van der Waals surface area contributed by atoms with Crippen LogP contribution >= 0.6 is 23.2 Å². The number of carbonyl (C=O) groups excluding carboxylic acids is 1. The van der Waals surface area contributed by atoms with Gasteiger partial charge >= 0.3 is 0 Å². The van der Waals surface area contributed by atoms with Gasteiger partial charge in [0.15, 0.2) is 5.78 Å². The van der Waals surface area contributed by atoms with Crippen LogP contribution in [0.2, 0.25) is 10.0 Å². The number of ketones is 1. The summed E-state index contributed by atoms with van der Waals surface area (Å²) < 4.78 is 5.14. The van der Waals surface area contributed by atoms with E-state index in [1.807, 2.05) is 24.3 Å². The second kappa shape index (κ2) is 7.94. The Hall–Kier alpha value is -2.30. The zero-order valence-electron chi connectivity index (χ0n) is 14.1. The van der Waals surface area contributed by atoms with Crippen LogP contribution in [-0.2, 0) is 4.79 Å². The Labute approximate surface area is 161 Å². The quantitative estimate of drug-likeness (QED) is 0.685. The molecule has 0 aliphatic heterocycles. The highest BCUT2D eigenvalue weighted by Crippen LogP contribution is 2.34. The average molecular weight is 390 g/mol. The fourth-order valence-corrected chi connectivity index (χ4v) is 3.17. The predicted octanol–water partition coefficient (Wildman–Crippen LogP) is 5.66. The molecule has 0 radical (unpaired) electrons. The molecule has 134 valence electrons. The summed E-state index contributed by atoms with van der Waals surface area (Å²) in [5, 5.41) is 11.2. The SMILES string of the molecule is COc1ccc(C2CC(=O)C(C=Nc3ccc(Cl)c(Cl)c3)=C(O)C2)cc1. The van der Waals surface area contributed by atoms with E-state index >= 15 is 0 Å². The molecule has 0 aromatic heterocycles. The number of aliphatic imine (C=N–C) groups is 1. The first-order valence-corrected chi connectivity index (χ1v) is 8.82. The number of nitrogens with zero attached hydrogens (tertiary/aromatic N) is 1. The van der Waals surface area contributed by atoms with Crippen molar-refractivity contribution in [1.82, 2.24) is 0 Å². The first-order chi connectivity index (χ1) is 12.5. The summed E-state index contributed by atoms with van der Waals surface area (Å²) in [4.78, 5) is 16.7. The van der Waals surface area contributed by atoms with Gasteiger partial charge in [-0.05, 0) is 41.8 Å².